The summed E-state index contributed by atoms with van der Waals surface area (Å²) in [5, 5.41) is 31.9. The molecule has 3 atom stereocenters. The number of carbonyl (C=O) groups is 2. The number of hydrogen-bond acceptors (Lipinski definition) is 8. The molecule has 214 valence electrons. The van der Waals surface area contributed by atoms with Gasteiger partial charge >= 0.3 is 13.2 Å². The molecule has 0 bridgehead atoms. The van der Waals surface area contributed by atoms with E-state index >= 15 is 0 Å². The second-order valence-electron chi connectivity index (χ2n) is 12.0. The molecule has 0 radical (unpaired) electrons. The zero-order valence-electron chi connectivity index (χ0n) is 23.6. The van der Waals surface area contributed by atoms with Crippen molar-refractivity contribution in [3.8, 4) is 6.07 Å². The van der Waals surface area contributed by atoms with Crippen LogP contribution in [0.15, 0.2) is 30.3 Å². The van der Waals surface area contributed by atoms with Crippen LogP contribution in [-0.4, -0.2) is 96.4 Å². The van der Waals surface area contributed by atoms with Crippen molar-refractivity contribution in [3.63, 3.8) is 0 Å². The number of amides is 2. The van der Waals surface area contributed by atoms with E-state index in [1.807, 2.05) is 44.2 Å². The number of nitrogens with one attached hydrogen (secondary N) is 1. The minimum absolute atomic E-state index is 0.0569. The summed E-state index contributed by atoms with van der Waals surface area (Å²) in [5.74, 6) is -1.94. The zero-order chi connectivity index (χ0) is 28.6. The minimum Gasteiger partial charge on any atom is -0.449 e. The molecule has 11 heteroatoms. The molecule has 2 fully saturated rings. The highest BCUT2D eigenvalue weighted by Crippen LogP contribution is 2.39. The molecule has 1 aromatic rings. The normalized spacial score (nSPS) is 20.1. The number of rotatable bonds is 11. The summed E-state index contributed by atoms with van der Waals surface area (Å²) in [6, 6.07) is 11.5. The van der Waals surface area contributed by atoms with E-state index in [1.54, 1.807) is 4.90 Å². The molecule has 2 amide bonds. The van der Waals surface area contributed by atoms with Crippen LogP contribution < -0.4 is 5.32 Å². The van der Waals surface area contributed by atoms with Crippen LogP contribution in [-0.2, 0) is 20.7 Å². The van der Waals surface area contributed by atoms with Gasteiger partial charge < -0.3 is 29.7 Å². The third kappa shape index (κ3) is 8.67. The van der Waals surface area contributed by atoms with E-state index in [0.29, 0.717) is 39.1 Å². The van der Waals surface area contributed by atoms with Gasteiger partial charge in [0.1, 0.15) is 5.92 Å². The highest BCUT2D eigenvalue weighted by Gasteiger charge is 2.44. The number of morpholine rings is 1. The molecule has 2 heterocycles. The van der Waals surface area contributed by atoms with Gasteiger partial charge in [-0.2, -0.15) is 5.26 Å². The Labute approximate surface area is 232 Å². The molecule has 0 aliphatic carbocycles. The number of likely N-dealkylation sites (tertiary alicyclic amines) is 1. The summed E-state index contributed by atoms with van der Waals surface area (Å²) in [6.07, 6.45) is 0.848. The van der Waals surface area contributed by atoms with E-state index in [9.17, 15) is 24.9 Å². The average Bonchev–Trinajstić information content (AvgIpc) is 3.37. The largest absolute Gasteiger partial charge is 0.475 e. The Balaban J connectivity index is 1.50. The summed E-state index contributed by atoms with van der Waals surface area (Å²) in [7, 11) is -1.74. The number of hydrogen-bond donors (Lipinski definition) is 3. The van der Waals surface area contributed by atoms with Crippen LogP contribution in [0.2, 0.25) is 0 Å². The monoisotopic (exact) mass is 542 g/mol. The van der Waals surface area contributed by atoms with Crippen molar-refractivity contribution in [3.05, 3.63) is 35.9 Å². The van der Waals surface area contributed by atoms with Gasteiger partial charge in [-0.3, -0.25) is 9.69 Å². The third-order valence-corrected chi connectivity index (χ3v) is 7.92. The van der Waals surface area contributed by atoms with Crippen molar-refractivity contribution < 1.29 is 29.1 Å². The number of ether oxygens (including phenoxy) is 2. The Kier molecular flexibility index (Phi) is 10.8. The van der Waals surface area contributed by atoms with Gasteiger partial charge in [0, 0.05) is 37.6 Å². The van der Waals surface area contributed by atoms with Gasteiger partial charge in [-0.05, 0) is 44.1 Å². The van der Waals surface area contributed by atoms with Crippen LogP contribution in [0.1, 0.15) is 46.1 Å². The van der Waals surface area contributed by atoms with Crippen molar-refractivity contribution in [1.82, 2.24) is 15.1 Å². The molecule has 2 saturated heterocycles. The summed E-state index contributed by atoms with van der Waals surface area (Å²) < 4.78 is 10.9. The summed E-state index contributed by atoms with van der Waals surface area (Å²) in [6.45, 7) is 12.3. The highest BCUT2D eigenvalue weighted by molar-refractivity contribution is 6.43. The van der Waals surface area contributed by atoms with E-state index in [-0.39, 0.29) is 30.4 Å². The lowest BCUT2D eigenvalue weighted by molar-refractivity contribution is -0.137. The number of benzene rings is 1. The molecule has 0 spiro atoms. The number of nitrogens with zero attached hydrogens (tertiary/aromatic N) is 3. The second-order valence-corrected chi connectivity index (χ2v) is 12.0. The van der Waals surface area contributed by atoms with Gasteiger partial charge in [-0.1, -0.05) is 44.2 Å². The van der Waals surface area contributed by atoms with E-state index in [1.165, 1.54) is 0 Å². The second kappa shape index (κ2) is 13.6. The van der Waals surface area contributed by atoms with Gasteiger partial charge in [0.05, 0.1) is 31.8 Å². The van der Waals surface area contributed by atoms with Crippen molar-refractivity contribution >= 4 is 19.1 Å². The first kappa shape index (κ1) is 30.9. The number of alkyl carbamates (subject to hydrolysis) is 1. The Morgan fingerprint density at radius 3 is 2.46 bits per heavy atom. The summed E-state index contributed by atoms with van der Waals surface area (Å²) in [5.41, 5.74) is 0.128. The summed E-state index contributed by atoms with van der Waals surface area (Å²) in [4.78, 5) is 29.9. The van der Waals surface area contributed by atoms with E-state index in [2.05, 4.69) is 30.1 Å². The molecule has 2 aliphatic rings. The van der Waals surface area contributed by atoms with E-state index in [0.717, 1.165) is 18.7 Å². The van der Waals surface area contributed by atoms with Gasteiger partial charge in [0.2, 0.25) is 5.91 Å². The van der Waals surface area contributed by atoms with Crippen molar-refractivity contribution in [2.75, 3.05) is 46.0 Å². The number of carbonyl (C=O) groups excluding carboxylic acids is 2. The molecule has 3 N–H and O–H groups in total. The maximum absolute atomic E-state index is 13.5. The molecular weight excluding hydrogens is 499 g/mol. The Bertz CT molecular complexity index is 994. The first-order valence-corrected chi connectivity index (χ1v) is 13.8. The average molecular weight is 542 g/mol. The zero-order valence-corrected chi connectivity index (χ0v) is 23.6. The van der Waals surface area contributed by atoms with Crippen LogP contribution in [0.4, 0.5) is 4.79 Å². The fourth-order valence-corrected chi connectivity index (χ4v) is 5.90. The molecule has 1 aromatic carbocycles. The highest BCUT2D eigenvalue weighted by atomic mass is 16.5. The van der Waals surface area contributed by atoms with E-state index in [4.69, 9.17) is 9.47 Å². The topological polar surface area (TPSA) is 135 Å². The molecule has 39 heavy (non-hydrogen) atoms. The van der Waals surface area contributed by atoms with Crippen LogP contribution in [0, 0.1) is 28.6 Å². The lowest BCUT2D eigenvalue weighted by atomic mass is 9.70. The summed E-state index contributed by atoms with van der Waals surface area (Å²) >= 11 is 0. The quantitative estimate of drug-likeness (QED) is 0.361. The molecular formula is C28H43BN4O6. The van der Waals surface area contributed by atoms with Crippen molar-refractivity contribution in [2.24, 2.45) is 17.3 Å². The first-order chi connectivity index (χ1) is 18.4. The smallest absolute Gasteiger partial charge is 0.449 e. The first-order valence-electron chi connectivity index (χ1n) is 13.8. The van der Waals surface area contributed by atoms with Gasteiger partial charge in [0.25, 0.3) is 0 Å². The molecule has 3 rings (SSSR count). The van der Waals surface area contributed by atoms with Gasteiger partial charge in [0.15, 0.2) is 0 Å². The Morgan fingerprint density at radius 1 is 1.18 bits per heavy atom. The SMILES string of the molecule is CC(C)(CC(C)(C)N1CCOCC1)C(C#N)C(=O)N1CC[C@H](COC(=O)N[C@@H](Cc2ccccc2)B(O)O)C1. The Morgan fingerprint density at radius 2 is 1.85 bits per heavy atom. The van der Waals surface area contributed by atoms with Crippen molar-refractivity contribution in [2.45, 2.75) is 58.4 Å². The van der Waals surface area contributed by atoms with Crippen LogP contribution in [0.3, 0.4) is 0 Å². The molecule has 0 saturated carbocycles. The van der Waals surface area contributed by atoms with Gasteiger partial charge in [-0.15, -0.1) is 0 Å². The number of nitriles is 1. The van der Waals surface area contributed by atoms with Crippen LogP contribution >= 0.6 is 0 Å². The lowest BCUT2D eigenvalue weighted by Crippen LogP contribution is -2.53. The maximum Gasteiger partial charge on any atom is 0.475 e. The molecule has 2 aliphatic heterocycles. The van der Waals surface area contributed by atoms with Gasteiger partial charge in [-0.25, -0.2) is 4.79 Å². The molecule has 1 unspecified atom stereocenters. The third-order valence-electron chi connectivity index (χ3n) is 7.92. The van der Waals surface area contributed by atoms with Crippen LogP contribution in [0.25, 0.3) is 0 Å². The maximum atomic E-state index is 13.5. The minimum atomic E-state index is -1.74. The Hall–Kier alpha value is -2.65. The predicted molar refractivity (Wildman–Crippen MR) is 147 cm³/mol. The molecule has 10 nitrogen and oxygen atoms in total. The predicted octanol–water partition coefficient (Wildman–Crippen LogP) is 1.85. The molecule has 0 aromatic heterocycles. The van der Waals surface area contributed by atoms with Crippen molar-refractivity contribution in [1.29, 1.82) is 5.26 Å². The standard InChI is InChI=1S/C28H43BN4O6/c1-27(2,20-28(3,4)33-12-14-38-15-13-33)23(17-30)25(34)32-11-10-22(18-32)19-39-26(35)31-24(29(36)37)16-21-8-6-5-7-9-21/h5-9,22-24,36-37H,10-16,18-20H2,1-4H3,(H,31,35)/t22-,23?,24-/m0/s1. The fraction of sp³-hybridized carbons (Fsp3) is 0.679. The van der Waals surface area contributed by atoms with Crippen LogP contribution in [0.5, 0.6) is 0 Å². The lowest BCUT2D eigenvalue weighted by Gasteiger charge is -2.46. The fourth-order valence-electron chi connectivity index (χ4n) is 5.90. The van der Waals surface area contributed by atoms with E-state index < -0.39 is 30.5 Å².